The third-order valence-electron chi connectivity index (χ3n) is 9.64. The van der Waals surface area contributed by atoms with Crippen LogP contribution in [0.5, 0.6) is 0 Å². The van der Waals surface area contributed by atoms with Crippen LogP contribution >= 0.6 is 0 Å². The first kappa shape index (κ1) is 25.9. The number of fused-ring (bicyclic) bond motifs is 7. The normalized spacial score (nSPS) is 13.3. The quantitative estimate of drug-likeness (QED) is 0.207. The average Bonchev–Trinajstić information content (AvgIpc) is 3.57. The number of benzene rings is 7. The van der Waals surface area contributed by atoms with E-state index in [2.05, 4.69) is 164 Å². The molecule has 0 fully saturated rings. The van der Waals surface area contributed by atoms with Gasteiger partial charge in [-0.15, -0.1) is 0 Å². The van der Waals surface area contributed by atoms with Crippen LogP contribution in [0.25, 0.3) is 55.0 Å². The van der Waals surface area contributed by atoms with Gasteiger partial charge in [0.2, 0.25) is 0 Å². The molecular weight excluding hydrogens is 546 g/mol. The molecule has 0 bridgehead atoms. The summed E-state index contributed by atoms with van der Waals surface area (Å²) in [4.78, 5) is 2.44. The molecule has 0 spiro atoms. The number of para-hydroxylation sites is 2. The molecule has 9 rings (SSSR count). The summed E-state index contributed by atoms with van der Waals surface area (Å²) in [6, 6.07) is 54.6. The molecule has 2 heteroatoms. The number of hydrogen-bond acceptors (Lipinski definition) is 2. The number of furan rings is 1. The molecular formula is C43H31NO. The molecule has 1 aromatic heterocycles. The second-order valence-corrected chi connectivity index (χ2v) is 12.5. The van der Waals surface area contributed by atoms with Crippen LogP contribution in [-0.4, -0.2) is 0 Å². The summed E-state index contributed by atoms with van der Waals surface area (Å²) in [6.45, 7) is 4.69. The third kappa shape index (κ3) is 3.82. The first-order chi connectivity index (χ1) is 22.1. The maximum absolute atomic E-state index is 6.80. The van der Waals surface area contributed by atoms with Gasteiger partial charge >= 0.3 is 0 Å². The molecule has 7 aromatic carbocycles. The van der Waals surface area contributed by atoms with Crippen LogP contribution in [-0.2, 0) is 5.41 Å². The Balaban J connectivity index is 1.41. The zero-order valence-electron chi connectivity index (χ0n) is 25.3. The van der Waals surface area contributed by atoms with Gasteiger partial charge in [-0.25, -0.2) is 0 Å². The van der Waals surface area contributed by atoms with Crippen molar-refractivity contribution in [3.05, 3.63) is 163 Å². The van der Waals surface area contributed by atoms with E-state index < -0.39 is 0 Å². The summed E-state index contributed by atoms with van der Waals surface area (Å²) < 4.78 is 6.80. The van der Waals surface area contributed by atoms with Gasteiger partial charge in [0.1, 0.15) is 5.58 Å². The molecule has 1 aliphatic rings. The first-order valence-corrected chi connectivity index (χ1v) is 15.6. The molecule has 0 saturated carbocycles. The van der Waals surface area contributed by atoms with Gasteiger partial charge in [0, 0.05) is 32.8 Å². The maximum atomic E-state index is 6.80. The van der Waals surface area contributed by atoms with Gasteiger partial charge in [-0.1, -0.05) is 135 Å². The minimum atomic E-state index is -0.125. The molecule has 0 atom stereocenters. The number of anilines is 3. The number of hydrogen-bond donors (Lipinski definition) is 0. The van der Waals surface area contributed by atoms with Crippen molar-refractivity contribution in [3.8, 4) is 22.3 Å². The van der Waals surface area contributed by atoms with E-state index in [9.17, 15) is 0 Å². The predicted molar refractivity (Wildman–Crippen MR) is 189 cm³/mol. The average molecular weight is 578 g/mol. The Bertz CT molecular complexity index is 2410. The van der Waals surface area contributed by atoms with Crippen LogP contribution in [0, 0.1) is 0 Å². The molecule has 0 amide bonds. The minimum absolute atomic E-state index is 0.125. The van der Waals surface area contributed by atoms with Crippen LogP contribution in [0.1, 0.15) is 25.0 Å². The smallest absolute Gasteiger partial charge is 0.160 e. The second kappa shape index (κ2) is 9.70. The Morgan fingerprint density at radius 3 is 2.04 bits per heavy atom. The maximum Gasteiger partial charge on any atom is 0.160 e. The highest BCUT2D eigenvalue weighted by atomic mass is 16.3. The lowest BCUT2D eigenvalue weighted by atomic mass is 9.82. The summed E-state index contributed by atoms with van der Waals surface area (Å²) in [5, 5.41) is 4.58. The Labute approximate surface area is 262 Å². The lowest BCUT2D eigenvalue weighted by Gasteiger charge is -2.30. The van der Waals surface area contributed by atoms with Crippen molar-refractivity contribution in [2.45, 2.75) is 19.3 Å². The van der Waals surface area contributed by atoms with E-state index in [0.29, 0.717) is 0 Å². The zero-order valence-corrected chi connectivity index (χ0v) is 25.3. The van der Waals surface area contributed by atoms with Crippen molar-refractivity contribution in [2.24, 2.45) is 0 Å². The fourth-order valence-corrected chi connectivity index (χ4v) is 7.47. The molecule has 0 N–H and O–H groups in total. The Kier molecular flexibility index (Phi) is 5.58. The van der Waals surface area contributed by atoms with Gasteiger partial charge in [-0.05, 0) is 63.5 Å². The predicted octanol–water partition coefficient (Wildman–Crippen LogP) is 12.2. The molecule has 214 valence electrons. The Morgan fingerprint density at radius 2 is 1.18 bits per heavy atom. The van der Waals surface area contributed by atoms with E-state index in [1.54, 1.807) is 0 Å². The van der Waals surface area contributed by atoms with Crippen LogP contribution in [0.4, 0.5) is 17.1 Å². The summed E-state index contributed by atoms with van der Waals surface area (Å²) >= 11 is 0. The summed E-state index contributed by atoms with van der Waals surface area (Å²) in [6.07, 6.45) is 0. The molecule has 1 heterocycles. The van der Waals surface area contributed by atoms with E-state index in [1.807, 2.05) is 6.07 Å². The van der Waals surface area contributed by atoms with E-state index in [0.717, 1.165) is 44.4 Å². The molecule has 0 aliphatic heterocycles. The van der Waals surface area contributed by atoms with E-state index in [4.69, 9.17) is 4.42 Å². The molecule has 8 aromatic rings. The van der Waals surface area contributed by atoms with Crippen molar-refractivity contribution in [1.82, 2.24) is 0 Å². The van der Waals surface area contributed by atoms with Crippen molar-refractivity contribution < 1.29 is 4.42 Å². The monoisotopic (exact) mass is 577 g/mol. The topological polar surface area (TPSA) is 16.4 Å². The standard InChI is InChI=1S/C43H31NO/c1-43(2)37-21-11-8-19-33(37)34-25-24-30(27-38(34)43)44(39-22-12-9-17-31(39)28-14-4-3-5-15-28)41-32-18-7-6-16-29(32)26-36-35-20-10-13-23-40(35)45-42(36)41/h3-27H,1-2H3. The van der Waals surface area contributed by atoms with Gasteiger partial charge < -0.3 is 9.32 Å². The first-order valence-electron chi connectivity index (χ1n) is 15.6. The van der Waals surface area contributed by atoms with Crippen LogP contribution in [0.2, 0.25) is 0 Å². The third-order valence-corrected chi connectivity index (χ3v) is 9.64. The van der Waals surface area contributed by atoms with Gasteiger partial charge in [0.25, 0.3) is 0 Å². The van der Waals surface area contributed by atoms with Crippen molar-refractivity contribution in [1.29, 1.82) is 0 Å². The Hall–Kier alpha value is -5.60. The minimum Gasteiger partial charge on any atom is -0.454 e. The zero-order chi connectivity index (χ0) is 30.1. The molecule has 1 aliphatic carbocycles. The summed E-state index contributed by atoms with van der Waals surface area (Å²) in [7, 11) is 0. The van der Waals surface area contributed by atoms with Crippen LogP contribution < -0.4 is 4.90 Å². The van der Waals surface area contributed by atoms with Crippen molar-refractivity contribution in [3.63, 3.8) is 0 Å². The highest BCUT2D eigenvalue weighted by Gasteiger charge is 2.36. The fourth-order valence-electron chi connectivity index (χ4n) is 7.47. The number of nitrogens with zero attached hydrogens (tertiary/aromatic N) is 1. The van der Waals surface area contributed by atoms with E-state index >= 15 is 0 Å². The van der Waals surface area contributed by atoms with Gasteiger partial charge in [-0.3, -0.25) is 0 Å². The van der Waals surface area contributed by atoms with Crippen molar-refractivity contribution >= 4 is 49.8 Å². The van der Waals surface area contributed by atoms with E-state index in [1.165, 1.54) is 38.8 Å². The molecule has 2 nitrogen and oxygen atoms in total. The molecule has 0 unspecified atom stereocenters. The largest absolute Gasteiger partial charge is 0.454 e. The van der Waals surface area contributed by atoms with Gasteiger partial charge in [0.05, 0.1) is 11.4 Å². The van der Waals surface area contributed by atoms with Gasteiger partial charge in [-0.2, -0.15) is 0 Å². The van der Waals surface area contributed by atoms with E-state index in [-0.39, 0.29) is 5.41 Å². The second-order valence-electron chi connectivity index (χ2n) is 12.5. The summed E-state index contributed by atoms with van der Waals surface area (Å²) in [5.74, 6) is 0. The fraction of sp³-hybridized carbons (Fsp3) is 0.0698. The highest BCUT2D eigenvalue weighted by Crippen LogP contribution is 2.53. The molecule has 45 heavy (non-hydrogen) atoms. The SMILES string of the molecule is CC1(C)c2ccccc2-c2ccc(N(c3ccccc3-c3ccccc3)c3c4ccccc4cc4c3oc3ccccc34)cc21. The molecule has 0 radical (unpaired) electrons. The lowest BCUT2D eigenvalue weighted by molar-refractivity contribution is 0.660. The van der Waals surface area contributed by atoms with Crippen LogP contribution in [0.3, 0.4) is 0 Å². The number of rotatable bonds is 4. The highest BCUT2D eigenvalue weighted by molar-refractivity contribution is 6.19. The Morgan fingerprint density at radius 1 is 0.511 bits per heavy atom. The van der Waals surface area contributed by atoms with Gasteiger partial charge in [0.15, 0.2) is 5.58 Å². The van der Waals surface area contributed by atoms with Crippen LogP contribution in [0.15, 0.2) is 156 Å². The molecule has 0 saturated heterocycles. The summed E-state index contributed by atoms with van der Waals surface area (Å²) in [5.41, 5.74) is 12.6. The van der Waals surface area contributed by atoms with Crippen molar-refractivity contribution in [2.75, 3.05) is 4.90 Å². The lowest BCUT2D eigenvalue weighted by Crippen LogP contribution is -2.17.